The predicted molar refractivity (Wildman–Crippen MR) is 97.7 cm³/mol. The van der Waals surface area contributed by atoms with Crippen molar-refractivity contribution in [3.05, 3.63) is 35.9 Å². The molecule has 3 atom stereocenters. The molecular weight excluding hydrogens is 372 g/mol. The summed E-state index contributed by atoms with van der Waals surface area (Å²) in [7, 11) is 0. The molecule has 1 aliphatic rings. The van der Waals surface area contributed by atoms with Crippen molar-refractivity contribution >= 4 is 29.7 Å². The van der Waals surface area contributed by atoms with Gasteiger partial charge in [0.05, 0.1) is 18.1 Å². The van der Waals surface area contributed by atoms with Gasteiger partial charge in [0, 0.05) is 13.0 Å². The Morgan fingerprint density at radius 1 is 1.37 bits per heavy atom. The van der Waals surface area contributed by atoms with E-state index in [1.165, 1.54) is 11.8 Å². The van der Waals surface area contributed by atoms with Gasteiger partial charge in [0.1, 0.15) is 12.6 Å². The van der Waals surface area contributed by atoms with Gasteiger partial charge in [-0.25, -0.2) is 4.79 Å². The molecule has 8 nitrogen and oxygen atoms in total. The second kappa shape index (κ2) is 10.2. The summed E-state index contributed by atoms with van der Waals surface area (Å²) in [5.74, 6) is -1.40. The van der Waals surface area contributed by atoms with Crippen LogP contribution in [0.4, 0.5) is 4.79 Å². The van der Waals surface area contributed by atoms with Crippen LogP contribution in [-0.2, 0) is 20.9 Å². The summed E-state index contributed by atoms with van der Waals surface area (Å²) >= 11 is 1.49. The third-order valence-electron chi connectivity index (χ3n) is 4.25. The third kappa shape index (κ3) is 6.14. The Labute approximate surface area is 161 Å². The molecule has 2 amide bonds. The highest BCUT2D eigenvalue weighted by Crippen LogP contribution is 2.20. The Hall–Kier alpha value is -2.26. The summed E-state index contributed by atoms with van der Waals surface area (Å²) < 4.78 is 5.14. The maximum absolute atomic E-state index is 12.8. The Morgan fingerprint density at radius 3 is 2.70 bits per heavy atom. The zero-order chi connectivity index (χ0) is 19.8. The summed E-state index contributed by atoms with van der Waals surface area (Å²) in [6, 6.07) is 6.96. The van der Waals surface area contributed by atoms with Crippen molar-refractivity contribution in [3.8, 4) is 0 Å². The zero-order valence-electron chi connectivity index (χ0n) is 15.0. The number of carbonyl (C=O) groups excluding carboxylic acids is 3. The van der Waals surface area contributed by atoms with Crippen LogP contribution < -0.4 is 10.4 Å². The van der Waals surface area contributed by atoms with Crippen molar-refractivity contribution in [2.75, 3.05) is 18.6 Å². The maximum atomic E-state index is 12.8. The molecule has 1 aromatic carbocycles. The first-order valence-corrected chi connectivity index (χ1v) is 9.97. The van der Waals surface area contributed by atoms with E-state index in [9.17, 15) is 24.6 Å². The van der Waals surface area contributed by atoms with Crippen LogP contribution in [0.5, 0.6) is 0 Å². The maximum Gasteiger partial charge on any atom is 0.408 e. The highest BCUT2D eigenvalue weighted by molar-refractivity contribution is 7.98. The lowest BCUT2D eigenvalue weighted by atomic mass is 10.1. The van der Waals surface area contributed by atoms with E-state index >= 15 is 0 Å². The van der Waals surface area contributed by atoms with Gasteiger partial charge in [-0.15, -0.1) is 0 Å². The van der Waals surface area contributed by atoms with Gasteiger partial charge < -0.3 is 30.0 Å². The minimum atomic E-state index is -1.42. The molecule has 0 bridgehead atoms. The number of nitrogens with one attached hydrogen (secondary N) is 1. The zero-order valence-corrected chi connectivity index (χ0v) is 15.8. The normalized spacial score (nSPS) is 20.1. The summed E-state index contributed by atoms with van der Waals surface area (Å²) in [4.78, 5) is 37.2. The van der Waals surface area contributed by atoms with Gasteiger partial charge in [-0.05, 0) is 24.0 Å². The average Bonchev–Trinajstić information content (AvgIpc) is 3.06. The number of carbonyl (C=O) groups is 3. The number of hydrogen-bond acceptors (Lipinski definition) is 7. The van der Waals surface area contributed by atoms with E-state index in [0.29, 0.717) is 12.2 Å². The van der Waals surface area contributed by atoms with E-state index in [-0.39, 0.29) is 19.6 Å². The van der Waals surface area contributed by atoms with Gasteiger partial charge >= 0.3 is 6.09 Å². The molecule has 1 heterocycles. The number of ether oxygens (including phenoxy) is 1. The number of thioether (sulfide) groups is 1. The number of aliphatic carboxylic acids is 1. The lowest BCUT2D eigenvalue weighted by molar-refractivity contribution is -0.310. The standard InChI is InChI=1S/C18H24N2O6S/c1-27-8-7-14(16(22)20-10-13(21)9-15(20)17(23)24)19-18(25)26-11-12-5-3-2-4-6-12/h2-6,13-15,21H,7-11H2,1H3,(H,19,25)(H,23,24)/p-1/t13-,14-,15+/m0/s1. The Bertz CT molecular complexity index is 657. The van der Waals surface area contributed by atoms with Crippen LogP contribution >= 0.6 is 11.8 Å². The molecule has 0 spiro atoms. The lowest BCUT2D eigenvalue weighted by Gasteiger charge is -2.29. The minimum absolute atomic E-state index is 0.0558. The fraction of sp³-hybridized carbons (Fsp3) is 0.500. The number of aliphatic hydroxyl groups is 1. The van der Waals surface area contributed by atoms with Crippen LogP contribution in [-0.4, -0.2) is 64.7 Å². The number of alkyl carbamates (subject to hydrolysis) is 1. The van der Waals surface area contributed by atoms with E-state index in [0.717, 1.165) is 10.5 Å². The topological polar surface area (TPSA) is 119 Å². The number of likely N-dealkylation sites (tertiary alicyclic amines) is 1. The highest BCUT2D eigenvalue weighted by Gasteiger charge is 2.38. The molecule has 148 valence electrons. The van der Waals surface area contributed by atoms with Crippen molar-refractivity contribution in [2.45, 2.75) is 37.6 Å². The van der Waals surface area contributed by atoms with E-state index in [2.05, 4.69) is 5.32 Å². The number of aliphatic hydroxyl groups excluding tert-OH is 1. The fourth-order valence-electron chi connectivity index (χ4n) is 2.88. The van der Waals surface area contributed by atoms with Gasteiger partial charge in [0.2, 0.25) is 5.91 Å². The van der Waals surface area contributed by atoms with Gasteiger partial charge in [-0.1, -0.05) is 30.3 Å². The van der Waals surface area contributed by atoms with Crippen LogP contribution in [0, 0.1) is 0 Å². The molecule has 2 N–H and O–H groups in total. The number of nitrogens with zero attached hydrogens (tertiary/aromatic N) is 1. The summed E-state index contributed by atoms with van der Waals surface area (Å²) in [6.07, 6.45) is 0.402. The summed E-state index contributed by atoms with van der Waals surface area (Å²) in [6.45, 7) is -0.0474. The molecule has 1 saturated heterocycles. The SMILES string of the molecule is CSCC[C@H](NC(=O)OCc1ccccc1)C(=O)N1C[C@@H](O)C[C@@H]1C(=O)[O-]. The summed E-state index contributed by atoms with van der Waals surface area (Å²) in [5.41, 5.74) is 0.805. The number of carboxylic acid groups (broad SMARTS) is 1. The molecule has 9 heteroatoms. The molecule has 1 aliphatic heterocycles. The number of benzene rings is 1. The quantitative estimate of drug-likeness (QED) is 0.623. The van der Waals surface area contributed by atoms with Crippen LogP contribution in [0.15, 0.2) is 30.3 Å². The second-order valence-electron chi connectivity index (χ2n) is 6.26. The molecule has 27 heavy (non-hydrogen) atoms. The molecule has 0 unspecified atom stereocenters. The number of hydrogen-bond donors (Lipinski definition) is 2. The third-order valence-corrected chi connectivity index (χ3v) is 4.89. The molecule has 0 saturated carbocycles. The predicted octanol–water partition coefficient (Wildman–Crippen LogP) is -0.254. The molecule has 1 aromatic rings. The van der Waals surface area contributed by atoms with E-state index < -0.39 is 36.2 Å². The van der Waals surface area contributed by atoms with Crippen LogP contribution in [0.1, 0.15) is 18.4 Å². The van der Waals surface area contributed by atoms with Crippen molar-refractivity contribution < 1.29 is 29.3 Å². The number of rotatable bonds is 8. The number of carboxylic acids is 1. The van der Waals surface area contributed by atoms with Crippen molar-refractivity contribution in [1.82, 2.24) is 10.2 Å². The van der Waals surface area contributed by atoms with E-state index in [1.54, 1.807) is 12.1 Å². The monoisotopic (exact) mass is 395 g/mol. The van der Waals surface area contributed by atoms with Crippen molar-refractivity contribution in [3.63, 3.8) is 0 Å². The van der Waals surface area contributed by atoms with Crippen molar-refractivity contribution in [2.24, 2.45) is 0 Å². The summed E-state index contributed by atoms with van der Waals surface area (Å²) in [5, 5.41) is 23.5. The molecule has 1 fully saturated rings. The number of β-amino-alcohol motifs (C(OH)–C–C–N with tert-alkyl or cyclic N) is 1. The first-order valence-electron chi connectivity index (χ1n) is 8.58. The molecule has 0 radical (unpaired) electrons. The Morgan fingerprint density at radius 2 is 2.07 bits per heavy atom. The molecule has 0 aromatic heterocycles. The molecular formula is C18H23N2O6S-. The minimum Gasteiger partial charge on any atom is -0.548 e. The Balaban J connectivity index is 1.99. The Kier molecular flexibility index (Phi) is 7.93. The fourth-order valence-corrected chi connectivity index (χ4v) is 3.35. The first-order chi connectivity index (χ1) is 12.9. The van der Waals surface area contributed by atoms with Gasteiger partial charge in [0.15, 0.2) is 0 Å². The number of amides is 2. The van der Waals surface area contributed by atoms with Gasteiger partial charge in [-0.2, -0.15) is 11.8 Å². The smallest absolute Gasteiger partial charge is 0.408 e. The van der Waals surface area contributed by atoms with E-state index in [1.807, 2.05) is 24.5 Å². The van der Waals surface area contributed by atoms with Crippen molar-refractivity contribution in [1.29, 1.82) is 0 Å². The molecule has 0 aliphatic carbocycles. The van der Waals surface area contributed by atoms with Crippen LogP contribution in [0.2, 0.25) is 0 Å². The van der Waals surface area contributed by atoms with Gasteiger partial charge in [0.25, 0.3) is 0 Å². The highest BCUT2D eigenvalue weighted by atomic mass is 32.2. The van der Waals surface area contributed by atoms with E-state index in [4.69, 9.17) is 4.74 Å². The largest absolute Gasteiger partial charge is 0.548 e. The van der Waals surface area contributed by atoms with Crippen LogP contribution in [0.25, 0.3) is 0 Å². The lowest BCUT2D eigenvalue weighted by Crippen LogP contribution is -2.54. The molecule has 2 rings (SSSR count). The second-order valence-corrected chi connectivity index (χ2v) is 7.24. The van der Waals surface area contributed by atoms with Gasteiger partial charge in [-0.3, -0.25) is 4.79 Å². The average molecular weight is 395 g/mol. The van der Waals surface area contributed by atoms with Crippen LogP contribution in [0.3, 0.4) is 0 Å². The first kappa shape index (κ1) is 21.0.